The molecule has 0 radical (unpaired) electrons. The number of nitrogens with zero attached hydrogens (tertiary/aromatic N) is 1. The molecule has 0 saturated carbocycles. The van der Waals surface area contributed by atoms with Crippen molar-refractivity contribution in [3.8, 4) is 0 Å². The number of carbonyl (C=O) groups is 1. The van der Waals surface area contributed by atoms with Gasteiger partial charge in [-0.25, -0.2) is 17.5 Å². The van der Waals surface area contributed by atoms with E-state index in [-0.39, 0.29) is 9.77 Å². The number of hydrogen-bond donors (Lipinski definition) is 1. The van der Waals surface area contributed by atoms with Crippen LogP contribution in [-0.2, 0) is 10.0 Å². The van der Waals surface area contributed by atoms with Crippen LogP contribution in [-0.4, -0.2) is 37.4 Å². The molecule has 0 aliphatic carbocycles. The fraction of sp³-hybridized carbons (Fsp3) is 0.545. The molecule has 0 saturated heterocycles. The third-order valence-electron chi connectivity index (χ3n) is 2.51. The molecule has 1 aromatic heterocycles. The predicted molar refractivity (Wildman–Crippen MR) is 70.5 cm³/mol. The topological polar surface area (TPSA) is 74.7 Å². The zero-order valence-electron chi connectivity index (χ0n) is 10.6. The van der Waals surface area contributed by atoms with Gasteiger partial charge < -0.3 is 5.11 Å². The van der Waals surface area contributed by atoms with Gasteiger partial charge >= 0.3 is 5.97 Å². The first-order chi connectivity index (χ1) is 8.25. The number of aromatic carboxylic acids is 1. The lowest BCUT2D eigenvalue weighted by atomic mass is 10.1. The van der Waals surface area contributed by atoms with Crippen molar-refractivity contribution in [2.45, 2.75) is 24.5 Å². The highest BCUT2D eigenvalue weighted by Crippen LogP contribution is 2.23. The summed E-state index contributed by atoms with van der Waals surface area (Å²) < 4.78 is 25.6. The van der Waals surface area contributed by atoms with Crippen LogP contribution in [0.1, 0.15) is 30.6 Å². The van der Waals surface area contributed by atoms with Crippen molar-refractivity contribution >= 4 is 27.3 Å². The summed E-state index contributed by atoms with van der Waals surface area (Å²) in [7, 11) is -2.05. The third-order valence-corrected chi connectivity index (χ3v) is 5.78. The average molecular weight is 291 g/mol. The molecule has 0 aliphatic rings. The van der Waals surface area contributed by atoms with Crippen molar-refractivity contribution in [1.82, 2.24) is 4.31 Å². The first-order valence-corrected chi connectivity index (χ1v) is 7.85. The molecule has 5 nitrogen and oxygen atoms in total. The monoisotopic (exact) mass is 291 g/mol. The van der Waals surface area contributed by atoms with Crippen LogP contribution in [0.4, 0.5) is 0 Å². The highest BCUT2D eigenvalue weighted by Gasteiger charge is 2.23. The molecule has 102 valence electrons. The Labute approximate surface area is 111 Å². The Morgan fingerprint density at radius 3 is 2.56 bits per heavy atom. The molecule has 0 unspecified atom stereocenters. The molecule has 0 aliphatic heterocycles. The van der Waals surface area contributed by atoms with Gasteiger partial charge in [-0.05, 0) is 18.4 Å². The van der Waals surface area contributed by atoms with Gasteiger partial charge in [0.15, 0.2) is 0 Å². The molecule has 0 amide bonds. The third kappa shape index (κ3) is 3.54. The van der Waals surface area contributed by atoms with Gasteiger partial charge in [0.1, 0.15) is 4.21 Å². The summed E-state index contributed by atoms with van der Waals surface area (Å²) in [6.07, 6.45) is 0.771. The second-order valence-corrected chi connectivity index (χ2v) is 7.65. The van der Waals surface area contributed by atoms with Crippen LogP contribution in [0.25, 0.3) is 0 Å². The van der Waals surface area contributed by atoms with Crippen molar-refractivity contribution in [3.63, 3.8) is 0 Å². The lowest BCUT2D eigenvalue weighted by Crippen LogP contribution is -2.28. The molecular formula is C11H17NO4S2. The lowest BCUT2D eigenvalue weighted by molar-refractivity contribution is 0.0697. The Bertz CT molecular complexity index is 519. The number of hydrogen-bond acceptors (Lipinski definition) is 4. The largest absolute Gasteiger partial charge is 0.478 e. The van der Waals surface area contributed by atoms with E-state index in [9.17, 15) is 13.2 Å². The molecule has 0 fully saturated rings. The molecular weight excluding hydrogens is 274 g/mol. The van der Waals surface area contributed by atoms with Gasteiger partial charge in [0.05, 0.1) is 5.56 Å². The van der Waals surface area contributed by atoms with E-state index in [1.807, 2.05) is 13.8 Å². The smallest absolute Gasteiger partial charge is 0.336 e. The van der Waals surface area contributed by atoms with Crippen LogP contribution in [0.15, 0.2) is 15.7 Å². The van der Waals surface area contributed by atoms with Gasteiger partial charge in [0.2, 0.25) is 0 Å². The van der Waals surface area contributed by atoms with E-state index in [1.165, 1.54) is 22.8 Å². The summed E-state index contributed by atoms with van der Waals surface area (Å²) in [6, 6.07) is 1.20. The molecule has 1 N–H and O–H groups in total. The normalized spacial score (nSPS) is 12.3. The van der Waals surface area contributed by atoms with E-state index >= 15 is 0 Å². The van der Waals surface area contributed by atoms with Crippen molar-refractivity contribution in [1.29, 1.82) is 0 Å². The predicted octanol–water partition coefficient (Wildman–Crippen LogP) is 2.11. The molecule has 18 heavy (non-hydrogen) atoms. The van der Waals surface area contributed by atoms with E-state index < -0.39 is 16.0 Å². The summed E-state index contributed by atoms with van der Waals surface area (Å²) in [4.78, 5) is 10.7. The number of carboxylic acids is 1. The van der Waals surface area contributed by atoms with Crippen molar-refractivity contribution in [3.05, 3.63) is 17.0 Å². The van der Waals surface area contributed by atoms with Gasteiger partial charge in [0, 0.05) is 19.0 Å². The first kappa shape index (κ1) is 15.1. The summed E-state index contributed by atoms with van der Waals surface area (Å²) in [5.41, 5.74) is 0.0100. The number of sulfonamides is 1. The zero-order chi connectivity index (χ0) is 13.9. The van der Waals surface area contributed by atoms with E-state index in [2.05, 4.69) is 0 Å². The summed E-state index contributed by atoms with van der Waals surface area (Å²) >= 11 is 0.937. The van der Waals surface area contributed by atoms with Crippen molar-refractivity contribution < 1.29 is 18.3 Å². The fourth-order valence-electron chi connectivity index (χ4n) is 1.28. The maximum atomic E-state index is 12.1. The van der Waals surface area contributed by atoms with E-state index in [0.29, 0.717) is 12.5 Å². The maximum Gasteiger partial charge on any atom is 0.336 e. The van der Waals surface area contributed by atoms with E-state index in [4.69, 9.17) is 5.11 Å². The van der Waals surface area contributed by atoms with Gasteiger partial charge in [-0.3, -0.25) is 0 Å². The van der Waals surface area contributed by atoms with Crippen LogP contribution in [0.3, 0.4) is 0 Å². The van der Waals surface area contributed by atoms with Crippen LogP contribution in [0, 0.1) is 5.92 Å². The number of thiophene rings is 1. The van der Waals surface area contributed by atoms with Gasteiger partial charge in [0.25, 0.3) is 10.0 Å². The fourth-order valence-corrected chi connectivity index (χ4v) is 3.83. The minimum Gasteiger partial charge on any atom is -0.478 e. The Morgan fingerprint density at radius 1 is 1.50 bits per heavy atom. The number of rotatable bonds is 6. The highest BCUT2D eigenvalue weighted by atomic mass is 32.2. The van der Waals surface area contributed by atoms with Crippen LogP contribution in [0.2, 0.25) is 0 Å². The molecule has 0 atom stereocenters. The van der Waals surface area contributed by atoms with E-state index in [1.54, 1.807) is 0 Å². The quantitative estimate of drug-likeness (QED) is 0.871. The van der Waals surface area contributed by atoms with Crippen LogP contribution >= 0.6 is 11.3 Å². The molecule has 1 aromatic rings. The molecule has 1 heterocycles. The van der Waals surface area contributed by atoms with Gasteiger partial charge in [-0.1, -0.05) is 13.8 Å². The molecule has 0 spiro atoms. The minimum absolute atomic E-state index is 0.0100. The van der Waals surface area contributed by atoms with Crippen LogP contribution < -0.4 is 0 Å². The minimum atomic E-state index is -3.56. The van der Waals surface area contributed by atoms with Crippen LogP contribution in [0.5, 0.6) is 0 Å². The Kier molecular flexibility index (Phi) is 4.89. The average Bonchev–Trinajstić information content (AvgIpc) is 2.75. The summed E-state index contributed by atoms with van der Waals surface area (Å²) in [5.74, 6) is -0.696. The van der Waals surface area contributed by atoms with Gasteiger partial charge in [-0.2, -0.15) is 0 Å². The molecule has 0 bridgehead atoms. The lowest BCUT2D eigenvalue weighted by Gasteiger charge is -2.16. The second-order valence-electron chi connectivity index (χ2n) is 4.47. The summed E-state index contributed by atoms with van der Waals surface area (Å²) in [6.45, 7) is 4.47. The molecule has 1 rings (SSSR count). The van der Waals surface area contributed by atoms with E-state index in [0.717, 1.165) is 17.8 Å². The Morgan fingerprint density at radius 2 is 2.11 bits per heavy atom. The highest BCUT2D eigenvalue weighted by molar-refractivity contribution is 7.91. The first-order valence-electron chi connectivity index (χ1n) is 5.53. The van der Waals surface area contributed by atoms with Crippen molar-refractivity contribution in [2.24, 2.45) is 5.92 Å². The van der Waals surface area contributed by atoms with Gasteiger partial charge in [-0.15, -0.1) is 11.3 Å². The zero-order valence-corrected chi connectivity index (χ0v) is 12.2. The summed E-state index contributed by atoms with van der Waals surface area (Å²) in [5, 5.41) is 10.1. The maximum absolute atomic E-state index is 12.1. The standard InChI is InChI=1S/C11H17NO4S2/c1-8(2)4-5-12(3)18(15,16)10-6-9(7-17-10)11(13)14/h6-8H,4-5H2,1-3H3,(H,13,14). The number of carboxylic acid groups (broad SMARTS) is 1. The SMILES string of the molecule is CC(C)CCN(C)S(=O)(=O)c1cc(C(=O)O)cs1. The second kappa shape index (κ2) is 5.81. The Hall–Kier alpha value is -0.920. The molecule has 0 aromatic carbocycles. The van der Waals surface area contributed by atoms with Crippen molar-refractivity contribution in [2.75, 3.05) is 13.6 Å². The Balaban J connectivity index is 2.87. The molecule has 7 heteroatoms.